The first-order valence-corrected chi connectivity index (χ1v) is 11.9. The Kier molecular flexibility index (Phi) is 6.44. The van der Waals surface area contributed by atoms with Gasteiger partial charge >= 0.3 is 5.97 Å². The van der Waals surface area contributed by atoms with Crippen LogP contribution >= 0.6 is 0 Å². The van der Waals surface area contributed by atoms with Gasteiger partial charge in [-0.3, -0.25) is 0 Å². The molecule has 2 saturated carbocycles. The first-order chi connectivity index (χ1) is 14.9. The summed E-state index contributed by atoms with van der Waals surface area (Å²) in [6, 6.07) is 10.5. The molecule has 0 aliphatic heterocycles. The van der Waals surface area contributed by atoms with Crippen LogP contribution in [0.25, 0.3) is 0 Å². The fraction of sp³-hybridized carbons (Fsp3) is 0.607. The predicted octanol–water partition coefficient (Wildman–Crippen LogP) is 6.49. The maximum absolute atomic E-state index is 11.8. The molecule has 4 rings (SSSR count). The molecule has 1 spiro atoms. The Morgan fingerprint density at radius 1 is 1.23 bits per heavy atom. The lowest BCUT2D eigenvalue weighted by molar-refractivity contribution is -0.136. The van der Waals surface area contributed by atoms with E-state index in [1.54, 1.807) is 5.57 Å². The number of allylic oxidation sites excluding steroid dienone is 3. The van der Waals surface area contributed by atoms with Crippen molar-refractivity contribution in [1.82, 2.24) is 0 Å². The summed E-state index contributed by atoms with van der Waals surface area (Å²) in [6.45, 7) is 8.33. The van der Waals surface area contributed by atoms with E-state index in [4.69, 9.17) is 9.47 Å². The minimum Gasteiger partial charge on any atom is -0.466 e. The van der Waals surface area contributed by atoms with Crippen molar-refractivity contribution >= 4 is 5.97 Å². The first-order valence-electron chi connectivity index (χ1n) is 11.9. The van der Waals surface area contributed by atoms with E-state index in [1.165, 1.54) is 38.4 Å². The Morgan fingerprint density at radius 3 is 2.74 bits per heavy atom. The van der Waals surface area contributed by atoms with E-state index < -0.39 is 0 Å². The van der Waals surface area contributed by atoms with E-state index in [1.807, 2.05) is 6.92 Å². The van der Waals surface area contributed by atoms with E-state index >= 15 is 0 Å². The standard InChI is InChI=1S/C28H38O3/c1-20-14-16-28-17-24(20)27(3,15-8-9-21(2)26(29)30-4)25(28)13-12-23(28)19-31-18-22-10-6-5-7-11-22/h5-7,9-11,14,23-25H,8,12-13,15-19H2,1-4H3/b21-9+/t23-,24+,25+,27+,28+/m1/s1. The van der Waals surface area contributed by atoms with E-state index in [2.05, 4.69) is 56.3 Å². The third kappa shape index (κ3) is 4.02. The van der Waals surface area contributed by atoms with Crippen LogP contribution in [0.2, 0.25) is 0 Å². The summed E-state index contributed by atoms with van der Waals surface area (Å²) in [5.41, 5.74) is 4.28. The molecule has 0 radical (unpaired) electrons. The Labute approximate surface area is 187 Å². The molecule has 3 heteroatoms. The second-order valence-electron chi connectivity index (χ2n) is 10.4. The summed E-state index contributed by atoms with van der Waals surface area (Å²) >= 11 is 0. The quantitative estimate of drug-likeness (QED) is 0.273. The van der Waals surface area contributed by atoms with Crippen LogP contribution < -0.4 is 0 Å². The highest BCUT2D eigenvalue weighted by Gasteiger charge is 2.65. The summed E-state index contributed by atoms with van der Waals surface area (Å²) in [5.74, 6) is 1.85. The number of methoxy groups -OCH3 is 1. The highest BCUT2D eigenvalue weighted by molar-refractivity contribution is 5.87. The lowest BCUT2D eigenvalue weighted by Gasteiger charge is -2.39. The molecule has 0 amide bonds. The molecule has 3 aliphatic rings. The van der Waals surface area contributed by atoms with Gasteiger partial charge in [-0.25, -0.2) is 4.79 Å². The zero-order chi connectivity index (χ0) is 22.1. The number of hydrogen-bond donors (Lipinski definition) is 0. The Bertz CT molecular complexity index is 854. The average Bonchev–Trinajstić information content (AvgIpc) is 3.22. The lowest BCUT2D eigenvalue weighted by atomic mass is 9.66. The van der Waals surface area contributed by atoms with Crippen molar-refractivity contribution in [3.8, 4) is 0 Å². The number of esters is 1. The number of carbonyl (C=O) groups is 1. The number of ether oxygens (including phenoxy) is 2. The van der Waals surface area contributed by atoms with E-state index in [0.29, 0.717) is 29.3 Å². The molecule has 3 aliphatic carbocycles. The van der Waals surface area contributed by atoms with Gasteiger partial charge in [-0.2, -0.15) is 0 Å². The molecule has 0 saturated heterocycles. The lowest BCUT2D eigenvalue weighted by Crippen LogP contribution is -2.34. The van der Waals surface area contributed by atoms with Crippen LogP contribution in [0.3, 0.4) is 0 Å². The van der Waals surface area contributed by atoms with Gasteiger partial charge in [0.2, 0.25) is 0 Å². The molecule has 168 valence electrons. The predicted molar refractivity (Wildman–Crippen MR) is 124 cm³/mol. The summed E-state index contributed by atoms with van der Waals surface area (Å²) in [6.07, 6.45) is 11.8. The van der Waals surface area contributed by atoms with Crippen molar-refractivity contribution in [1.29, 1.82) is 0 Å². The second kappa shape index (κ2) is 8.94. The molecule has 31 heavy (non-hydrogen) atoms. The minimum atomic E-state index is -0.209. The number of rotatable bonds is 8. The molecular formula is C28H38O3. The molecule has 3 nitrogen and oxygen atoms in total. The Hall–Kier alpha value is -1.87. The van der Waals surface area contributed by atoms with Gasteiger partial charge < -0.3 is 9.47 Å². The highest BCUT2D eigenvalue weighted by Crippen LogP contribution is 2.72. The number of hydrogen-bond acceptors (Lipinski definition) is 3. The number of benzene rings is 1. The normalized spacial score (nSPS) is 34.4. The summed E-state index contributed by atoms with van der Waals surface area (Å²) in [5, 5.41) is 0. The van der Waals surface area contributed by atoms with Crippen LogP contribution in [-0.2, 0) is 20.9 Å². The number of fused-ring (bicyclic) bond motifs is 1. The molecule has 2 fully saturated rings. The van der Waals surface area contributed by atoms with Gasteiger partial charge in [-0.15, -0.1) is 0 Å². The largest absolute Gasteiger partial charge is 0.466 e. The van der Waals surface area contributed by atoms with Crippen molar-refractivity contribution in [2.45, 2.75) is 65.9 Å². The van der Waals surface area contributed by atoms with Crippen LogP contribution in [0.5, 0.6) is 0 Å². The number of carbonyl (C=O) groups excluding carboxylic acids is 1. The van der Waals surface area contributed by atoms with Gasteiger partial charge in [0.25, 0.3) is 0 Å². The van der Waals surface area contributed by atoms with Crippen molar-refractivity contribution in [2.75, 3.05) is 13.7 Å². The Morgan fingerprint density at radius 2 is 2.00 bits per heavy atom. The molecular weight excluding hydrogens is 384 g/mol. The van der Waals surface area contributed by atoms with E-state index in [9.17, 15) is 4.79 Å². The van der Waals surface area contributed by atoms with Crippen LogP contribution in [0.4, 0.5) is 0 Å². The van der Waals surface area contributed by atoms with Crippen LogP contribution in [0.1, 0.15) is 64.9 Å². The molecule has 0 unspecified atom stereocenters. The molecule has 0 aromatic heterocycles. The summed E-state index contributed by atoms with van der Waals surface area (Å²) in [4.78, 5) is 11.8. The topological polar surface area (TPSA) is 35.5 Å². The molecule has 1 aromatic carbocycles. The summed E-state index contributed by atoms with van der Waals surface area (Å²) in [7, 11) is 1.46. The van der Waals surface area contributed by atoms with Gasteiger partial charge in [0.1, 0.15) is 0 Å². The maximum Gasteiger partial charge on any atom is 0.333 e. The molecule has 1 aromatic rings. The zero-order valence-corrected chi connectivity index (χ0v) is 19.7. The minimum absolute atomic E-state index is 0.209. The van der Waals surface area contributed by atoms with Crippen molar-refractivity contribution in [3.05, 3.63) is 59.2 Å². The van der Waals surface area contributed by atoms with Crippen molar-refractivity contribution < 1.29 is 14.3 Å². The SMILES string of the molecule is COC(=O)/C(C)=C/CC[C@@]1(C)[C@H]2C[C@@]3(CC=C2C)[C@@H](COCc2ccccc2)CC[C@@H]13. The first kappa shape index (κ1) is 22.3. The van der Waals surface area contributed by atoms with Gasteiger partial charge in [-0.05, 0) is 86.5 Å². The summed E-state index contributed by atoms with van der Waals surface area (Å²) < 4.78 is 11.1. The third-order valence-electron chi connectivity index (χ3n) is 8.91. The average molecular weight is 423 g/mol. The van der Waals surface area contributed by atoms with Gasteiger partial charge in [0.15, 0.2) is 0 Å². The monoisotopic (exact) mass is 422 g/mol. The van der Waals surface area contributed by atoms with Gasteiger partial charge in [0, 0.05) is 5.57 Å². The van der Waals surface area contributed by atoms with Crippen molar-refractivity contribution in [3.63, 3.8) is 0 Å². The second-order valence-corrected chi connectivity index (χ2v) is 10.4. The van der Waals surface area contributed by atoms with E-state index in [0.717, 1.165) is 30.9 Å². The smallest absolute Gasteiger partial charge is 0.333 e. The fourth-order valence-corrected chi connectivity index (χ4v) is 7.28. The van der Waals surface area contributed by atoms with Crippen molar-refractivity contribution in [2.24, 2.45) is 28.6 Å². The van der Waals surface area contributed by atoms with Crippen LogP contribution in [-0.4, -0.2) is 19.7 Å². The zero-order valence-electron chi connectivity index (χ0n) is 19.7. The molecule has 0 heterocycles. The van der Waals surface area contributed by atoms with Crippen LogP contribution in [0.15, 0.2) is 53.6 Å². The Balaban J connectivity index is 1.46. The van der Waals surface area contributed by atoms with Gasteiger partial charge in [-0.1, -0.05) is 55.0 Å². The third-order valence-corrected chi connectivity index (χ3v) is 8.91. The molecule has 2 bridgehead atoms. The van der Waals surface area contributed by atoms with E-state index in [-0.39, 0.29) is 5.97 Å². The van der Waals surface area contributed by atoms with Gasteiger partial charge in [0.05, 0.1) is 20.3 Å². The maximum atomic E-state index is 11.8. The highest BCUT2D eigenvalue weighted by atomic mass is 16.5. The molecule has 0 N–H and O–H groups in total. The molecule has 5 atom stereocenters. The fourth-order valence-electron chi connectivity index (χ4n) is 7.28. The van der Waals surface area contributed by atoms with Crippen LogP contribution in [0, 0.1) is 28.6 Å².